The highest BCUT2D eigenvalue weighted by molar-refractivity contribution is 7.80. The van der Waals surface area contributed by atoms with Gasteiger partial charge in [-0.3, -0.25) is 4.79 Å². The molecule has 19 heavy (non-hydrogen) atoms. The molecule has 0 radical (unpaired) electrons. The van der Waals surface area contributed by atoms with Crippen molar-refractivity contribution >= 4 is 34.6 Å². The number of rotatable bonds is 4. The Morgan fingerprint density at radius 2 is 2.47 bits per heavy atom. The lowest BCUT2D eigenvalue weighted by Gasteiger charge is -2.32. The molecule has 8 heteroatoms. The lowest BCUT2D eigenvalue weighted by Crippen LogP contribution is -2.49. The minimum atomic E-state index is -0.358. The molecule has 6 nitrogen and oxygen atoms in total. The van der Waals surface area contributed by atoms with Gasteiger partial charge in [0, 0.05) is 6.54 Å². The SMILES string of the molecule is CCCc1nnsc1C(=O)N1CCOC(C(N)=S)C1. The first-order valence-corrected chi connectivity index (χ1v) is 7.33. The Hall–Kier alpha value is -1.12. The molecule has 0 spiro atoms. The molecule has 1 unspecified atom stereocenters. The lowest BCUT2D eigenvalue weighted by atomic mass is 10.2. The van der Waals surface area contributed by atoms with E-state index in [4.69, 9.17) is 22.7 Å². The Morgan fingerprint density at radius 1 is 1.68 bits per heavy atom. The molecule has 1 aromatic rings. The summed E-state index contributed by atoms with van der Waals surface area (Å²) in [4.78, 5) is 15.1. The summed E-state index contributed by atoms with van der Waals surface area (Å²) in [6.07, 6.45) is 1.34. The average Bonchev–Trinajstić information content (AvgIpc) is 2.86. The predicted molar refractivity (Wildman–Crippen MR) is 76.3 cm³/mol. The van der Waals surface area contributed by atoms with Crippen LogP contribution in [0.5, 0.6) is 0 Å². The van der Waals surface area contributed by atoms with Gasteiger partial charge in [0.2, 0.25) is 0 Å². The highest BCUT2D eigenvalue weighted by atomic mass is 32.1. The number of morpholine rings is 1. The largest absolute Gasteiger partial charge is 0.391 e. The number of nitrogens with zero attached hydrogens (tertiary/aromatic N) is 3. The average molecular weight is 300 g/mol. The maximum absolute atomic E-state index is 12.4. The van der Waals surface area contributed by atoms with Crippen molar-refractivity contribution in [3.8, 4) is 0 Å². The van der Waals surface area contributed by atoms with Crippen LogP contribution in [0, 0.1) is 0 Å². The Kier molecular flexibility index (Phi) is 4.78. The zero-order valence-electron chi connectivity index (χ0n) is 10.7. The fourth-order valence-electron chi connectivity index (χ4n) is 1.92. The third-order valence-electron chi connectivity index (χ3n) is 2.91. The molecule has 1 aromatic heterocycles. The van der Waals surface area contributed by atoms with Crippen molar-refractivity contribution in [3.05, 3.63) is 10.6 Å². The second-order valence-electron chi connectivity index (χ2n) is 4.31. The fourth-order valence-corrected chi connectivity index (χ4v) is 2.74. The van der Waals surface area contributed by atoms with E-state index in [1.54, 1.807) is 4.90 Å². The molecule has 1 atom stereocenters. The molecule has 1 fully saturated rings. The number of hydrogen-bond donors (Lipinski definition) is 1. The van der Waals surface area contributed by atoms with E-state index in [2.05, 4.69) is 9.59 Å². The van der Waals surface area contributed by atoms with Gasteiger partial charge in [-0.1, -0.05) is 30.1 Å². The molecule has 1 aliphatic heterocycles. The second kappa shape index (κ2) is 6.36. The molecule has 0 saturated carbocycles. The fraction of sp³-hybridized carbons (Fsp3) is 0.636. The van der Waals surface area contributed by atoms with Crippen LogP contribution in [-0.4, -0.2) is 51.2 Å². The first kappa shape index (κ1) is 14.3. The van der Waals surface area contributed by atoms with Crippen molar-refractivity contribution in [2.45, 2.75) is 25.9 Å². The summed E-state index contributed by atoms with van der Waals surface area (Å²) in [5.74, 6) is -0.0528. The van der Waals surface area contributed by atoms with Crippen molar-refractivity contribution in [2.75, 3.05) is 19.7 Å². The number of ether oxygens (including phenoxy) is 1. The van der Waals surface area contributed by atoms with Crippen molar-refractivity contribution in [2.24, 2.45) is 5.73 Å². The molecule has 0 aliphatic carbocycles. The Morgan fingerprint density at radius 3 is 3.16 bits per heavy atom. The number of hydrogen-bond acceptors (Lipinski definition) is 6. The summed E-state index contributed by atoms with van der Waals surface area (Å²) >= 11 is 6.06. The molecule has 0 bridgehead atoms. The number of carbonyl (C=O) groups excluding carboxylic acids is 1. The van der Waals surface area contributed by atoms with Crippen molar-refractivity contribution in [1.29, 1.82) is 0 Å². The molecular formula is C11H16N4O2S2. The van der Waals surface area contributed by atoms with E-state index < -0.39 is 0 Å². The predicted octanol–water partition coefficient (Wildman–Crippen LogP) is 0.618. The van der Waals surface area contributed by atoms with Gasteiger partial charge in [-0.2, -0.15) is 0 Å². The minimum Gasteiger partial charge on any atom is -0.391 e. The number of amides is 1. The van der Waals surface area contributed by atoms with Crippen LogP contribution in [0.2, 0.25) is 0 Å². The molecule has 1 amide bonds. The van der Waals surface area contributed by atoms with Crippen LogP contribution in [-0.2, 0) is 11.2 Å². The van der Waals surface area contributed by atoms with E-state index in [0.717, 1.165) is 30.1 Å². The van der Waals surface area contributed by atoms with Gasteiger partial charge < -0.3 is 15.4 Å². The smallest absolute Gasteiger partial charge is 0.267 e. The van der Waals surface area contributed by atoms with Gasteiger partial charge in [0.1, 0.15) is 16.0 Å². The lowest BCUT2D eigenvalue weighted by molar-refractivity contribution is 0.00896. The summed E-state index contributed by atoms with van der Waals surface area (Å²) in [5, 5.41) is 4.02. The summed E-state index contributed by atoms with van der Waals surface area (Å²) < 4.78 is 9.30. The number of carbonyl (C=O) groups is 1. The van der Waals surface area contributed by atoms with Crippen molar-refractivity contribution in [1.82, 2.24) is 14.5 Å². The van der Waals surface area contributed by atoms with Gasteiger partial charge in [-0.05, 0) is 18.0 Å². The van der Waals surface area contributed by atoms with E-state index in [9.17, 15) is 4.79 Å². The van der Waals surface area contributed by atoms with Crippen LogP contribution in [0.15, 0.2) is 0 Å². The van der Waals surface area contributed by atoms with Gasteiger partial charge in [-0.15, -0.1) is 5.10 Å². The standard InChI is InChI=1S/C11H16N4O2S2/c1-2-3-7-9(19-14-13-7)11(16)15-4-5-17-8(6-15)10(12)18/h8H,2-6H2,1H3,(H2,12,18). The summed E-state index contributed by atoms with van der Waals surface area (Å²) in [6.45, 7) is 3.44. The third-order valence-corrected chi connectivity index (χ3v) is 3.93. The Labute approximate surface area is 121 Å². The Balaban J connectivity index is 2.10. The third kappa shape index (κ3) is 3.26. The molecular weight excluding hydrogens is 284 g/mol. The van der Waals surface area contributed by atoms with Crippen molar-refractivity contribution < 1.29 is 9.53 Å². The maximum Gasteiger partial charge on any atom is 0.267 e. The number of aromatic nitrogens is 2. The van der Waals surface area contributed by atoms with Crippen LogP contribution in [0.1, 0.15) is 28.7 Å². The van der Waals surface area contributed by atoms with Crippen LogP contribution >= 0.6 is 23.8 Å². The molecule has 104 valence electrons. The summed E-state index contributed by atoms with van der Waals surface area (Å²) in [7, 11) is 0. The van der Waals surface area contributed by atoms with Gasteiger partial charge in [-0.25, -0.2) is 0 Å². The minimum absolute atomic E-state index is 0.0528. The summed E-state index contributed by atoms with van der Waals surface area (Å²) in [5.41, 5.74) is 6.35. The topological polar surface area (TPSA) is 81.3 Å². The maximum atomic E-state index is 12.4. The number of aryl methyl sites for hydroxylation is 1. The first-order chi connectivity index (χ1) is 9.13. The van der Waals surface area contributed by atoms with E-state index in [0.29, 0.717) is 24.6 Å². The molecule has 2 heterocycles. The molecule has 2 rings (SSSR count). The normalized spacial score (nSPS) is 19.4. The van der Waals surface area contributed by atoms with Crippen LogP contribution < -0.4 is 5.73 Å². The van der Waals surface area contributed by atoms with Crippen molar-refractivity contribution in [3.63, 3.8) is 0 Å². The van der Waals surface area contributed by atoms with E-state index in [-0.39, 0.29) is 17.0 Å². The highest BCUT2D eigenvalue weighted by Crippen LogP contribution is 2.17. The zero-order chi connectivity index (χ0) is 13.8. The molecule has 1 aliphatic rings. The zero-order valence-corrected chi connectivity index (χ0v) is 12.3. The first-order valence-electron chi connectivity index (χ1n) is 6.15. The molecule has 0 aromatic carbocycles. The summed E-state index contributed by atoms with van der Waals surface area (Å²) in [6, 6.07) is 0. The van der Waals surface area contributed by atoms with E-state index in [1.807, 2.05) is 6.92 Å². The molecule has 2 N–H and O–H groups in total. The van der Waals surface area contributed by atoms with Gasteiger partial charge in [0.25, 0.3) is 5.91 Å². The van der Waals surface area contributed by atoms with Crippen LogP contribution in [0.3, 0.4) is 0 Å². The Bertz CT molecular complexity index is 477. The monoisotopic (exact) mass is 300 g/mol. The van der Waals surface area contributed by atoms with Gasteiger partial charge in [0.05, 0.1) is 18.8 Å². The number of thiocarbonyl (C=S) groups is 1. The van der Waals surface area contributed by atoms with Crippen LogP contribution in [0.25, 0.3) is 0 Å². The second-order valence-corrected chi connectivity index (χ2v) is 5.54. The molecule has 1 saturated heterocycles. The number of nitrogens with two attached hydrogens (primary N) is 1. The van der Waals surface area contributed by atoms with Gasteiger partial charge in [0.15, 0.2) is 0 Å². The van der Waals surface area contributed by atoms with E-state index >= 15 is 0 Å². The van der Waals surface area contributed by atoms with E-state index in [1.165, 1.54) is 0 Å². The quantitative estimate of drug-likeness (QED) is 0.821. The van der Waals surface area contributed by atoms with Gasteiger partial charge >= 0.3 is 0 Å². The highest BCUT2D eigenvalue weighted by Gasteiger charge is 2.29. The van der Waals surface area contributed by atoms with Crippen LogP contribution in [0.4, 0.5) is 0 Å².